The van der Waals surface area contributed by atoms with Crippen molar-refractivity contribution in [2.75, 3.05) is 26.7 Å². The van der Waals surface area contributed by atoms with Gasteiger partial charge in [-0.3, -0.25) is 9.69 Å². The molecule has 4 nitrogen and oxygen atoms in total. The molecule has 0 aromatic heterocycles. The van der Waals surface area contributed by atoms with Crippen LogP contribution in [0.4, 0.5) is 0 Å². The fourth-order valence-electron chi connectivity index (χ4n) is 5.20. The van der Waals surface area contributed by atoms with Crippen LogP contribution in [-0.2, 0) is 17.8 Å². The van der Waals surface area contributed by atoms with Gasteiger partial charge < -0.3 is 10.1 Å². The van der Waals surface area contributed by atoms with Crippen LogP contribution in [0.5, 0.6) is 5.75 Å². The number of ether oxygens (including phenoxy) is 1. The first-order valence-electron chi connectivity index (χ1n) is 11.2. The number of carbonyl (C=O) groups excluding carboxylic acids is 1. The molecule has 2 aliphatic rings. The van der Waals surface area contributed by atoms with Gasteiger partial charge in [-0.1, -0.05) is 47.5 Å². The zero-order valence-corrected chi connectivity index (χ0v) is 18.5. The fourth-order valence-corrected chi connectivity index (χ4v) is 5.20. The van der Waals surface area contributed by atoms with Gasteiger partial charge in [0.1, 0.15) is 5.75 Å². The molecule has 1 saturated heterocycles. The summed E-state index contributed by atoms with van der Waals surface area (Å²) in [4.78, 5) is 15.3. The van der Waals surface area contributed by atoms with Crippen LogP contribution in [0.25, 0.3) is 0 Å². The molecule has 4 rings (SSSR count). The quantitative estimate of drug-likeness (QED) is 0.746. The third-order valence-electron chi connectivity index (χ3n) is 6.93. The molecule has 0 bridgehead atoms. The normalized spacial score (nSPS) is 20.2. The summed E-state index contributed by atoms with van der Waals surface area (Å²) < 4.78 is 5.40. The Morgan fingerprint density at radius 2 is 1.83 bits per heavy atom. The van der Waals surface area contributed by atoms with E-state index in [0.717, 1.165) is 56.6 Å². The molecule has 2 fully saturated rings. The number of amides is 1. The van der Waals surface area contributed by atoms with Gasteiger partial charge in [-0.15, -0.1) is 0 Å². The van der Waals surface area contributed by atoms with Crippen LogP contribution in [0.15, 0.2) is 42.5 Å². The van der Waals surface area contributed by atoms with Crippen LogP contribution in [-0.4, -0.2) is 37.6 Å². The lowest BCUT2D eigenvalue weighted by Gasteiger charge is -2.33. The minimum Gasteiger partial charge on any atom is -0.496 e. The summed E-state index contributed by atoms with van der Waals surface area (Å²) in [5.41, 5.74) is 5.49. The van der Waals surface area contributed by atoms with Gasteiger partial charge in [0.05, 0.1) is 7.11 Å². The summed E-state index contributed by atoms with van der Waals surface area (Å²) in [7, 11) is 1.69. The van der Waals surface area contributed by atoms with Gasteiger partial charge in [0, 0.05) is 19.0 Å². The SMILES string of the molecule is COc1ccccc1CCNC(=O)[C@H]1CC12CCN(Cc1cc(C)cc(C)c1)CC2. The summed E-state index contributed by atoms with van der Waals surface area (Å²) in [6.45, 7) is 8.22. The number of rotatable bonds is 7. The fraction of sp³-hybridized carbons (Fsp3) is 0.500. The van der Waals surface area contributed by atoms with Crippen LogP contribution in [0, 0.1) is 25.2 Å². The third kappa shape index (κ3) is 4.70. The van der Waals surface area contributed by atoms with Crippen LogP contribution in [0.1, 0.15) is 41.5 Å². The predicted molar refractivity (Wildman–Crippen MR) is 121 cm³/mol. The highest BCUT2D eigenvalue weighted by molar-refractivity contribution is 5.82. The Kier molecular flexibility index (Phi) is 6.14. The topological polar surface area (TPSA) is 41.6 Å². The Labute approximate surface area is 180 Å². The van der Waals surface area contributed by atoms with Crippen molar-refractivity contribution in [2.45, 2.75) is 46.1 Å². The van der Waals surface area contributed by atoms with Crippen LogP contribution >= 0.6 is 0 Å². The largest absolute Gasteiger partial charge is 0.496 e. The Bertz CT molecular complexity index is 879. The number of methoxy groups -OCH3 is 1. The molecule has 1 aliphatic heterocycles. The van der Waals surface area contributed by atoms with E-state index in [2.05, 4.69) is 48.3 Å². The minimum absolute atomic E-state index is 0.207. The molecule has 1 N–H and O–H groups in total. The van der Waals surface area contributed by atoms with E-state index >= 15 is 0 Å². The number of nitrogens with one attached hydrogen (secondary N) is 1. The van der Waals surface area contributed by atoms with Crippen LogP contribution in [0.3, 0.4) is 0 Å². The predicted octanol–water partition coefficient (Wildman–Crippen LogP) is 4.27. The average molecular weight is 407 g/mol. The average Bonchev–Trinajstić information content (AvgIpc) is 3.43. The Morgan fingerprint density at radius 3 is 2.53 bits per heavy atom. The van der Waals surface area contributed by atoms with Crippen molar-refractivity contribution in [3.63, 3.8) is 0 Å². The van der Waals surface area contributed by atoms with E-state index in [0.29, 0.717) is 6.54 Å². The number of piperidine rings is 1. The first-order chi connectivity index (χ1) is 14.5. The summed E-state index contributed by atoms with van der Waals surface area (Å²) in [5, 5.41) is 3.17. The highest BCUT2D eigenvalue weighted by Gasteiger charge is 2.58. The molecular weight excluding hydrogens is 372 g/mol. The molecule has 1 atom stereocenters. The molecule has 1 spiro atoms. The summed E-state index contributed by atoms with van der Waals surface area (Å²) >= 11 is 0. The van der Waals surface area contributed by atoms with Crippen molar-refractivity contribution in [1.82, 2.24) is 10.2 Å². The summed E-state index contributed by atoms with van der Waals surface area (Å²) in [6.07, 6.45) is 4.15. The van der Waals surface area contributed by atoms with Gasteiger partial charge in [-0.2, -0.15) is 0 Å². The van der Waals surface area contributed by atoms with Crippen molar-refractivity contribution in [2.24, 2.45) is 11.3 Å². The van der Waals surface area contributed by atoms with Crippen molar-refractivity contribution in [1.29, 1.82) is 0 Å². The summed E-state index contributed by atoms with van der Waals surface area (Å²) in [5.74, 6) is 1.34. The monoisotopic (exact) mass is 406 g/mol. The van der Waals surface area contributed by atoms with Gasteiger partial charge in [-0.25, -0.2) is 0 Å². The molecule has 1 heterocycles. The second-order valence-corrected chi connectivity index (χ2v) is 9.24. The van der Waals surface area contributed by atoms with Crippen molar-refractivity contribution >= 4 is 5.91 Å². The first kappa shape index (κ1) is 20.9. The highest BCUT2D eigenvalue weighted by Crippen LogP contribution is 2.59. The molecule has 0 radical (unpaired) electrons. The van der Waals surface area contributed by atoms with Gasteiger partial charge >= 0.3 is 0 Å². The van der Waals surface area contributed by atoms with Gasteiger partial charge in [0.15, 0.2) is 0 Å². The Balaban J connectivity index is 1.23. The van der Waals surface area contributed by atoms with E-state index in [1.807, 2.05) is 18.2 Å². The van der Waals surface area contributed by atoms with Gasteiger partial charge in [0.2, 0.25) is 5.91 Å². The van der Waals surface area contributed by atoms with Gasteiger partial charge in [0.25, 0.3) is 0 Å². The van der Waals surface area contributed by atoms with Crippen molar-refractivity contribution < 1.29 is 9.53 Å². The molecule has 1 saturated carbocycles. The molecule has 160 valence electrons. The summed E-state index contributed by atoms with van der Waals surface area (Å²) in [6, 6.07) is 14.9. The lowest BCUT2D eigenvalue weighted by Crippen LogP contribution is -2.37. The van der Waals surface area contributed by atoms with E-state index in [4.69, 9.17) is 4.74 Å². The number of carbonyl (C=O) groups is 1. The van der Waals surface area contributed by atoms with Crippen molar-refractivity contribution in [3.8, 4) is 5.75 Å². The molecule has 1 amide bonds. The number of para-hydroxylation sites is 1. The zero-order chi connectivity index (χ0) is 21.1. The number of hydrogen-bond donors (Lipinski definition) is 1. The number of hydrogen-bond acceptors (Lipinski definition) is 3. The van der Waals surface area contributed by atoms with Crippen molar-refractivity contribution in [3.05, 3.63) is 64.7 Å². The van der Waals surface area contributed by atoms with Crippen LogP contribution < -0.4 is 10.1 Å². The maximum Gasteiger partial charge on any atom is 0.223 e. The number of likely N-dealkylation sites (tertiary alicyclic amines) is 1. The molecule has 2 aromatic rings. The maximum absolute atomic E-state index is 12.7. The minimum atomic E-state index is 0.207. The van der Waals surface area contributed by atoms with E-state index in [-0.39, 0.29) is 17.2 Å². The molecule has 4 heteroatoms. The van der Waals surface area contributed by atoms with E-state index in [1.165, 1.54) is 16.7 Å². The smallest absolute Gasteiger partial charge is 0.223 e. The standard InChI is InChI=1S/C26H34N2O2/c1-19-14-20(2)16-21(15-19)18-28-12-9-26(10-13-28)17-23(26)25(29)27-11-8-22-6-4-5-7-24(22)30-3/h4-7,14-16,23H,8-13,17-18H2,1-3H3,(H,27,29)/t23-/m1/s1. The second-order valence-electron chi connectivity index (χ2n) is 9.24. The highest BCUT2D eigenvalue weighted by atomic mass is 16.5. The zero-order valence-electron chi connectivity index (χ0n) is 18.5. The number of nitrogens with zero attached hydrogens (tertiary/aromatic N) is 1. The van der Waals surface area contributed by atoms with E-state index in [9.17, 15) is 4.79 Å². The maximum atomic E-state index is 12.7. The third-order valence-corrected chi connectivity index (χ3v) is 6.93. The lowest BCUT2D eigenvalue weighted by molar-refractivity contribution is -0.123. The molecule has 1 aliphatic carbocycles. The van der Waals surface area contributed by atoms with E-state index < -0.39 is 0 Å². The first-order valence-corrected chi connectivity index (χ1v) is 11.2. The second kappa shape index (κ2) is 8.81. The molecule has 30 heavy (non-hydrogen) atoms. The van der Waals surface area contributed by atoms with E-state index in [1.54, 1.807) is 7.11 Å². The number of aryl methyl sites for hydroxylation is 2. The lowest BCUT2D eigenvalue weighted by atomic mass is 9.90. The van der Waals surface area contributed by atoms with Gasteiger partial charge in [-0.05, 0) is 75.2 Å². The number of benzene rings is 2. The Hall–Kier alpha value is -2.33. The molecule has 2 aromatic carbocycles. The molecular formula is C26H34N2O2. The van der Waals surface area contributed by atoms with Crippen LogP contribution in [0.2, 0.25) is 0 Å². The molecule has 0 unspecified atom stereocenters. The Morgan fingerprint density at radius 1 is 1.13 bits per heavy atom.